The molecule has 0 spiro atoms. The fraction of sp³-hybridized carbons (Fsp3) is 0.222. The lowest BCUT2D eigenvalue weighted by molar-refractivity contribution is 0.468. The number of rotatable bonds is 3. The van der Waals surface area contributed by atoms with Crippen molar-refractivity contribution in [2.24, 2.45) is 13.0 Å². The predicted octanol–water partition coefficient (Wildman–Crippen LogP) is 4.39. The van der Waals surface area contributed by atoms with Crippen LogP contribution in [0.25, 0.3) is 22.0 Å². The first-order valence-electron chi connectivity index (χ1n) is 7.85. The summed E-state index contributed by atoms with van der Waals surface area (Å²) in [5.41, 5.74) is 7.18. The van der Waals surface area contributed by atoms with E-state index in [1.54, 1.807) is 12.1 Å². The third-order valence-corrected chi connectivity index (χ3v) is 5.41. The van der Waals surface area contributed by atoms with Crippen molar-refractivity contribution in [1.82, 2.24) is 9.55 Å². The minimum Gasteiger partial charge on any atom is -0.396 e. The molecule has 2 unspecified atom stereocenters. The molecule has 2 atom stereocenters. The summed E-state index contributed by atoms with van der Waals surface area (Å²) in [6.07, 6.45) is 2.86. The average Bonchev–Trinajstić information content (AvgIpc) is 3.17. The van der Waals surface area contributed by atoms with Crippen molar-refractivity contribution in [1.29, 1.82) is 5.41 Å². The Morgan fingerprint density at radius 2 is 2.20 bits per heavy atom. The van der Waals surface area contributed by atoms with Gasteiger partial charge in [-0.25, -0.2) is 13.8 Å². The molecular formula is C18H16F2N4S. The molecule has 25 heavy (non-hydrogen) atoms. The normalized spacial score (nSPS) is 19.3. The van der Waals surface area contributed by atoms with Gasteiger partial charge in [0.25, 0.3) is 0 Å². The second-order valence-electron chi connectivity index (χ2n) is 6.22. The van der Waals surface area contributed by atoms with E-state index in [1.165, 1.54) is 6.20 Å². The van der Waals surface area contributed by atoms with Crippen molar-refractivity contribution in [3.63, 3.8) is 0 Å². The number of fused-ring (bicyclic) bond motifs is 1. The van der Waals surface area contributed by atoms with Crippen LogP contribution in [-0.4, -0.2) is 20.8 Å². The topological polar surface area (TPSA) is 67.7 Å². The van der Waals surface area contributed by atoms with Crippen molar-refractivity contribution in [2.45, 2.75) is 17.6 Å². The van der Waals surface area contributed by atoms with E-state index in [0.29, 0.717) is 22.4 Å². The minimum atomic E-state index is -0.908. The zero-order valence-electron chi connectivity index (χ0n) is 13.5. The van der Waals surface area contributed by atoms with Crippen LogP contribution in [0, 0.1) is 17.1 Å². The second-order valence-corrected chi connectivity index (χ2v) is 7.29. The fourth-order valence-corrected chi connectivity index (χ4v) is 3.80. The first-order valence-corrected chi connectivity index (χ1v) is 8.67. The van der Waals surface area contributed by atoms with Crippen molar-refractivity contribution in [2.75, 3.05) is 5.73 Å². The quantitative estimate of drug-likeness (QED) is 0.316. The van der Waals surface area contributed by atoms with Gasteiger partial charge in [-0.3, -0.25) is 5.41 Å². The lowest BCUT2D eigenvalue weighted by Gasteiger charge is -2.11. The Morgan fingerprint density at radius 1 is 1.44 bits per heavy atom. The van der Waals surface area contributed by atoms with Gasteiger partial charge in [-0.2, -0.15) is 0 Å². The van der Waals surface area contributed by atoms with E-state index < -0.39 is 12.0 Å². The van der Waals surface area contributed by atoms with Gasteiger partial charge in [0.2, 0.25) is 0 Å². The Balaban J connectivity index is 1.77. The standard InChI is InChI=1S/C18H16F2N4S/c1-24-4-2-3-14(24)11-5-9-6-15(25-18(22)10-7-13(10)19)23-8-12(9)17(21)16(11)20/h2-6,8,10,13,22H,7,21H2,1H3. The molecule has 1 saturated carbocycles. The minimum absolute atomic E-state index is 0.0545. The molecule has 3 aromatic rings. The molecule has 1 fully saturated rings. The number of aromatic nitrogens is 2. The number of hydrogen-bond donors (Lipinski definition) is 2. The van der Waals surface area contributed by atoms with Gasteiger partial charge in [-0.1, -0.05) is 11.8 Å². The van der Waals surface area contributed by atoms with E-state index in [-0.39, 0.29) is 16.6 Å². The van der Waals surface area contributed by atoms with Crippen molar-refractivity contribution in [3.05, 3.63) is 42.5 Å². The van der Waals surface area contributed by atoms with E-state index in [0.717, 1.165) is 22.8 Å². The van der Waals surface area contributed by atoms with Crippen LogP contribution >= 0.6 is 11.8 Å². The van der Waals surface area contributed by atoms with E-state index in [1.807, 2.05) is 29.9 Å². The van der Waals surface area contributed by atoms with Gasteiger partial charge in [0.1, 0.15) is 11.2 Å². The lowest BCUT2D eigenvalue weighted by atomic mass is 10.0. The first-order chi connectivity index (χ1) is 12.0. The van der Waals surface area contributed by atoms with Crippen LogP contribution in [0.3, 0.4) is 0 Å². The highest BCUT2D eigenvalue weighted by Crippen LogP contribution is 2.40. The van der Waals surface area contributed by atoms with Crippen molar-refractivity contribution >= 4 is 33.3 Å². The monoisotopic (exact) mass is 358 g/mol. The summed E-state index contributed by atoms with van der Waals surface area (Å²) in [7, 11) is 1.84. The summed E-state index contributed by atoms with van der Waals surface area (Å²) in [4.78, 5) is 4.24. The number of benzene rings is 1. The largest absolute Gasteiger partial charge is 0.396 e. The average molecular weight is 358 g/mol. The zero-order valence-corrected chi connectivity index (χ0v) is 14.3. The number of anilines is 1. The summed E-state index contributed by atoms with van der Waals surface area (Å²) >= 11 is 1.14. The van der Waals surface area contributed by atoms with Crippen LogP contribution < -0.4 is 5.73 Å². The van der Waals surface area contributed by atoms with E-state index in [4.69, 9.17) is 11.1 Å². The molecule has 0 bridgehead atoms. The highest BCUT2D eigenvalue weighted by Gasteiger charge is 2.41. The fourth-order valence-electron chi connectivity index (χ4n) is 2.88. The van der Waals surface area contributed by atoms with Gasteiger partial charge < -0.3 is 10.3 Å². The molecule has 3 N–H and O–H groups in total. The Morgan fingerprint density at radius 3 is 2.84 bits per heavy atom. The Bertz CT molecular complexity index is 998. The number of nitrogen functional groups attached to an aromatic ring is 1. The molecule has 2 aromatic heterocycles. The number of nitrogens with two attached hydrogens (primary N) is 1. The molecule has 128 valence electrons. The van der Waals surface area contributed by atoms with Crippen LogP contribution in [0.5, 0.6) is 0 Å². The summed E-state index contributed by atoms with van der Waals surface area (Å²) in [5.74, 6) is -0.776. The zero-order chi connectivity index (χ0) is 17.7. The SMILES string of the molecule is Cn1cccc1-c1cc2cc(SC(=N)C3CC3F)ncc2c(N)c1F. The number of thioether (sulfide) groups is 1. The number of hydrogen-bond acceptors (Lipinski definition) is 4. The Labute approximate surface area is 147 Å². The van der Waals surface area contributed by atoms with E-state index >= 15 is 0 Å². The second kappa shape index (κ2) is 5.84. The van der Waals surface area contributed by atoms with Crippen LogP contribution in [0.2, 0.25) is 0 Å². The summed E-state index contributed by atoms with van der Waals surface area (Å²) < 4.78 is 29.6. The maximum absolute atomic E-state index is 14.7. The van der Waals surface area contributed by atoms with Gasteiger partial charge in [0, 0.05) is 36.3 Å². The highest BCUT2D eigenvalue weighted by atomic mass is 32.2. The molecule has 1 aliphatic carbocycles. The maximum Gasteiger partial charge on any atom is 0.156 e. The molecule has 1 aliphatic rings. The number of alkyl halides is 1. The smallest absolute Gasteiger partial charge is 0.156 e. The third-order valence-electron chi connectivity index (χ3n) is 4.46. The number of aryl methyl sites for hydroxylation is 1. The molecule has 1 aromatic carbocycles. The number of halogens is 2. The molecule has 4 rings (SSSR count). The van der Waals surface area contributed by atoms with Gasteiger partial charge in [0.05, 0.1) is 16.4 Å². The van der Waals surface area contributed by atoms with Gasteiger partial charge in [-0.05, 0) is 36.1 Å². The Hall–Kier alpha value is -2.41. The summed E-state index contributed by atoms with van der Waals surface area (Å²) in [6, 6.07) is 7.17. The van der Waals surface area contributed by atoms with Crippen LogP contribution in [-0.2, 0) is 7.05 Å². The van der Waals surface area contributed by atoms with Gasteiger partial charge >= 0.3 is 0 Å². The third kappa shape index (κ3) is 2.78. The van der Waals surface area contributed by atoms with Crippen LogP contribution in [0.4, 0.5) is 14.5 Å². The number of nitrogens with zero attached hydrogens (tertiary/aromatic N) is 2. The predicted molar refractivity (Wildman–Crippen MR) is 97.1 cm³/mol. The molecule has 4 nitrogen and oxygen atoms in total. The number of nitrogens with one attached hydrogen (secondary N) is 1. The van der Waals surface area contributed by atoms with Crippen molar-refractivity contribution < 1.29 is 8.78 Å². The molecule has 0 radical (unpaired) electrons. The highest BCUT2D eigenvalue weighted by molar-refractivity contribution is 8.13. The van der Waals surface area contributed by atoms with Crippen molar-refractivity contribution in [3.8, 4) is 11.3 Å². The molecule has 2 heterocycles. The van der Waals surface area contributed by atoms with Gasteiger partial charge in [0.15, 0.2) is 5.82 Å². The molecule has 0 aliphatic heterocycles. The first kappa shape index (κ1) is 16.1. The Kier molecular flexibility index (Phi) is 3.76. The summed E-state index contributed by atoms with van der Waals surface area (Å²) in [5, 5.41) is 10.1. The molecular weight excluding hydrogens is 342 g/mol. The lowest BCUT2D eigenvalue weighted by Crippen LogP contribution is -2.00. The van der Waals surface area contributed by atoms with Gasteiger partial charge in [-0.15, -0.1) is 0 Å². The molecule has 0 saturated heterocycles. The number of pyridine rings is 1. The summed E-state index contributed by atoms with van der Waals surface area (Å²) in [6.45, 7) is 0. The molecule has 0 amide bonds. The van der Waals surface area contributed by atoms with E-state index in [2.05, 4.69) is 4.98 Å². The van der Waals surface area contributed by atoms with Crippen LogP contribution in [0.1, 0.15) is 6.42 Å². The van der Waals surface area contributed by atoms with E-state index in [9.17, 15) is 8.78 Å². The maximum atomic E-state index is 14.7. The van der Waals surface area contributed by atoms with Crippen LogP contribution in [0.15, 0.2) is 41.7 Å². The molecule has 7 heteroatoms.